The van der Waals surface area contributed by atoms with Crippen molar-refractivity contribution in [1.29, 1.82) is 0 Å². The summed E-state index contributed by atoms with van der Waals surface area (Å²) in [5.74, 6) is -1.04. The van der Waals surface area contributed by atoms with Gasteiger partial charge in [0.1, 0.15) is 0 Å². The number of H-pyrrole nitrogens is 1. The zero-order valence-corrected chi connectivity index (χ0v) is 10.5. The molecule has 7 nitrogen and oxygen atoms in total. The highest BCUT2D eigenvalue weighted by molar-refractivity contribution is 6.07. The van der Waals surface area contributed by atoms with E-state index < -0.39 is 17.9 Å². The number of nitrogens with two attached hydrogens (primary N) is 1. The first-order valence-corrected chi connectivity index (χ1v) is 5.85. The van der Waals surface area contributed by atoms with Crippen LogP contribution in [0.1, 0.15) is 26.0 Å². The largest absolute Gasteiger partial charge is 0.464 e. The molecule has 0 fully saturated rings. The standard InChI is InChI=1S/C11H18N4O3/c1-3-5-7-6-8(15-14-7)13-10(16)9(12)11(17)18-4-2/h6,9H,3-5,12H2,1-2H3,(H2,13,14,15,16). The summed E-state index contributed by atoms with van der Waals surface area (Å²) < 4.78 is 4.65. The van der Waals surface area contributed by atoms with Crippen LogP contribution in [0.4, 0.5) is 5.82 Å². The van der Waals surface area contributed by atoms with Gasteiger partial charge in [-0.3, -0.25) is 9.89 Å². The second kappa shape index (κ2) is 6.75. The lowest BCUT2D eigenvalue weighted by Crippen LogP contribution is -2.43. The van der Waals surface area contributed by atoms with Gasteiger partial charge in [-0.1, -0.05) is 13.3 Å². The van der Waals surface area contributed by atoms with Crippen LogP contribution in [-0.2, 0) is 20.7 Å². The monoisotopic (exact) mass is 254 g/mol. The van der Waals surface area contributed by atoms with Gasteiger partial charge in [0.05, 0.1) is 6.61 Å². The van der Waals surface area contributed by atoms with Gasteiger partial charge in [0, 0.05) is 11.8 Å². The first-order valence-electron chi connectivity index (χ1n) is 5.85. The molecule has 1 rings (SSSR count). The summed E-state index contributed by atoms with van der Waals surface area (Å²) in [6.45, 7) is 3.87. The van der Waals surface area contributed by atoms with Gasteiger partial charge < -0.3 is 15.8 Å². The lowest BCUT2D eigenvalue weighted by molar-refractivity contribution is -0.146. The fourth-order valence-corrected chi connectivity index (χ4v) is 1.37. The molecule has 4 N–H and O–H groups in total. The van der Waals surface area contributed by atoms with Crippen molar-refractivity contribution in [2.75, 3.05) is 11.9 Å². The van der Waals surface area contributed by atoms with E-state index in [2.05, 4.69) is 20.3 Å². The number of carbonyl (C=O) groups is 2. The Hall–Kier alpha value is -1.89. The smallest absolute Gasteiger partial charge is 0.332 e. The number of nitrogens with zero attached hydrogens (tertiary/aromatic N) is 1. The summed E-state index contributed by atoms with van der Waals surface area (Å²) in [4.78, 5) is 22.9. The van der Waals surface area contributed by atoms with Gasteiger partial charge in [-0.25, -0.2) is 4.79 Å². The number of carbonyl (C=O) groups excluding carboxylic acids is 2. The van der Waals surface area contributed by atoms with Gasteiger partial charge in [-0.05, 0) is 13.3 Å². The van der Waals surface area contributed by atoms with Crippen LogP contribution >= 0.6 is 0 Å². The van der Waals surface area contributed by atoms with Crippen molar-refractivity contribution in [1.82, 2.24) is 10.2 Å². The van der Waals surface area contributed by atoms with Crippen molar-refractivity contribution >= 4 is 17.7 Å². The third-order valence-corrected chi connectivity index (χ3v) is 2.22. The van der Waals surface area contributed by atoms with E-state index in [-0.39, 0.29) is 6.61 Å². The van der Waals surface area contributed by atoms with E-state index in [1.807, 2.05) is 6.92 Å². The molecule has 0 saturated heterocycles. The van der Waals surface area contributed by atoms with E-state index in [0.717, 1.165) is 18.5 Å². The maximum atomic E-state index is 11.6. The van der Waals surface area contributed by atoms with E-state index in [1.54, 1.807) is 13.0 Å². The number of esters is 1. The Kier molecular flexibility index (Phi) is 5.31. The van der Waals surface area contributed by atoms with Crippen molar-refractivity contribution in [3.05, 3.63) is 11.8 Å². The number of ether oxygens (including phenoxy) is 1. The highest BCUT2D eigenvalue weighted by Gasteiger charge is 2.23. The van der Waals surface area contributed by atoms with Gasteiger partial charge in [-0.15, -0.1) is 0 Å². The van der Waals surface area contributed by atoms with Crippen LogP contribution in [-0.4, -0.2) is 34.7 Å². The molecule has 0 saturated carbocycles. The summed E-state index contributed by atoms with van der Waals surface area (Å²) in [6, 6.07) is 0.371. The predicted molar refractivity (Wildman–Crippen MR) is 65.8 cm³/mol. The summed E-state index contributed by atoms with van der Waals surface area (Å²) in [5.41, 5.74) is 6.35. The van der Waals surface area contributed by atoms with Crippen molar-refractivity contribution in [2.45, 2.75) is 32.7 Å². The van der Waals surface area contributed by atoms with Crippen molar-refractivity contribution in [3.8, 4) is 0 Å². The number of aromatic nitrogens is 2. The van der Waals surface area contributed by atoms with Crippen LogP contribution in [0.25, 0.3) is 0 Å². The van der Waals surface area contributed by atoms with E-state index in [0.29, 0.717) is 5.82 Å². The van der Waals surface area contributed by atoms with E-state index in [4.69, 9.17) is 5.73 Å². The molecule has 0 aliphatic rings. The highest BCUT2D eigenvalue weighted by atomic mass is 16.5. The molecule has 7 heteroatoms. The fraction of sp³-hybridized carbons (Fsp3) is 0.545. The van der Waals surface area contributed by atoms with E-state index >= 15 is 0 Å². The Balaban J connectivity index is 2.55. The summed E-state index contributed by atoms with van der Waals surface area (Å²) in [7, 11) is 0. The van der Waals surface area contributed by atoms with E-state index in [1.165, 1.54) is 0 Å². The molecule has 1 aromatic heterocycles. The number of anilines is 1. The Morgan fingerprint density at radius 2 is 2.28 bits per heavy atom. The zero-order chi connectivity index (χ0) is 13.5. The molecule has 1 unspecified atom stereocenters. The lowest BCUT2D eigenvalue weighted by atomic mass is 10.2. The molecule has 0 spiro atoms. The second-order valence-corrected chi connectivity index (χ2v) is 3.75. The number of rotatable bonds is 6. The summed E-state index contributed by atoms with van der Waals surface area (Å²) in [6.07, 6.45) is 1.81. The van der Waals surface area contributed by atoms with Gasteiger partial charge in [0.15, 0.2) is 11.9 Å². The number of nitrogens with one attached hydrogen (secondary N) is 2. The Labute approximate surface area is 105 Å². The first-order chi connectivity index (χ1) is 8.58. The molecular weight excluding hydrogens is 236 g/mol. The SMILES string of the molecule is CCCc1cc(NC(=O)C(N)C(=O)OCC)n[nH]1. The first kappa shape index (κ1) is 14.2. The Morgan fingerprint density at radius 3 is 2.89 bits per heavy atom. The van der Waals surface area contributed by atoms with Gasteiger partial charge in [0.25, 0.3) is 5.91 Å². The van der Waals surface area contributed by atoms with E-state index in [9.17, 15) is 9.59 Å². The minimum atomic E-state index is -1.34. The van der Waals surface area contributed by atoms with Gasteiger partial charge in [-0.2, -0.15) is 5.10 Å². The minimum Gasteiger partial charge on any atom is -0.464 e. The molecule has 100 valence electrons. The topological polar surface area (TPSA) is 110 Å². The molecule has 0 bridgehead atoms. The van der Waals surface area contributed by atoms with Crippen LogP contribution < -0.4 is 11.1 Å². The summed E-state index contributed by atoms with van der Waals surface area (Å²) in [5, 5.41) is 9.13. The Morgan fingerprint density at radius 1 is 1.56 bits per heavy atom. The third-order valence-electron chi connectivity index (χ3n) is 2.22. The molecule has 18 heavy (non-hydrogen) atoms. The van der Waals surface area contributed by atoms with Crippen LogP contribution in [0, 0.1) is 0 Å². The van der Waals surface area contributed by atoms with Crippen LogP contribution in [0.15, 0.2) is 6.07 Å². The maximum Gasteiger partial charge on any atom is 0.332 e. The number of hydrogen-bond acceptors (Lipinski definition) is 5. The van der Waals surface area contributed by atoms with Gasteiger partial charge >= 0.3 is 5.97 Å². The van der Waals surface area contributed by atoms with Crippen LogP contribution in [0.5, 0.6) is 0 Å². The third kappa shape index (κ3) is 3.85. The van der Waals surface area contributed by atoms with Crippen LogP contribution in [0.3, 0.4) is 0 Å². The van der Waals surface area contributed by atoms with Crippen molar-refractivity contribution < 1.29 is 14.3 Å². The molecule has 1 heterocycles. The molecule has 1 atom stereocenters. The number of amides is 1. The summed E-state index contributed by atoms with van der Waals surface area (Å²) >= 11 is 0. The lowest BCUT2D eigenvalue weighted by Gasteiger charge is -2.09. The number of aromatic amines is 1. The van der Waals surface area contributed by atoms with Crippen molar-refractivity contribution in [3.63, 3.8) is 0 Å². The fourth-order valence-electron chi connectivity index (χ4n) is 1.37. The molecule has 0 aliphatic carbocycles. The molecular formula is C11H18N4O3. The number of hydrogen-bond donors (Lipinski definition) is 3. The zero-order valence-electron chi connectivity index (χ0n) is 10.5. The Bertz CT molecular complexity index is 416. The van der Waals surface area contributed by atoms with Gasteiger partial charge in [0.2, 0.25) is 0 Å². The molecule has 0 aromatic carbocycles. The molecule has 1 aromatic rings. The predicted octanol–water partition coefficient (Wildman–Crippen LogP) is 0.191. The molecule has 1 amide bonds. The number of aryl methyl sites for hydroxylation is 1. The molecule has 0 radical (unpaired) electrons. The quantitative estimate of drug-likeness (QED) is 0.496. The normalized spacial score (nSPS) is 11.9. The average molecular weight is 254 g/mol. The highest BCUT2D eigenvalue weighted by Crippen LogP contribution is 2.07. The van der Waals surface area contributed by atoms with Crippen LogP contribution in [0.2, 0.25) is 0 Å². The maximum absolute atomic E-state index is 11.6. The second-order valence-electron chi connectivity index (χ2n) is 3.75. The molecule has 0 aliphatic heterocycles. The minimum absolute atomic E-state index is 0.183. The average Bonchev–Trinajstić information content (AvgIpc) is 2.76. The van der Waals surface area contributed by atoms with Crippen molar-refractivity contribution in [2.24, 2.45) is 5.73 Å².